The topological polar surface area (TPSA) is 166 Å². The molecule has 2 heterocycles. The molecule has 10 nitrogen and oxygen atoms in total. The maximum atomic E-state index is 15.7. The van der Waals surface area contributed by atoms with E-state index in [-0.39, 0.29) is 79.6 Å². The third-order valence-corrected chi connectivity index (χ3v) is 26.7. The minimum absolute atomic E-state index is 0.136. The van der Waals surface area contributed by atoms with Gasteiger partial charge in [-0.3, -0.25) is 0 Å². The van der Waals surface area contributed by atoms with Gasteiger partial charge >= 0.3 is 5.97 Å². The van der Waals surface area contributed by atoms with Crippen LogP contribution in [0.2, 0.25) is 0 Å². The smallest absolute Gasteiger partial charge is 0.331 e. The summed E-state index contributed by atoms with van der Waals surface area (Å²) < 4.78 is 13.7. The van der Waals surface area contributed by atoms with Crippen molar-refractivity contribution in [3.05, 3.63) is 107 Å². The second kappa shape index (κ2) is 18.0. The molecule has 9 fully saturated rings. The number of carbonyl (C=O) groups is 2. The molecule has 2 aromatic carbocycles. The number of likely N-dealkylation sites (N-methyl/N-ethyl adjacent to an activating group) is 1. The third kappa shape index (κ3) is 6.28. The molecule has 16 rings (SSSR count). The maximum Gasteiger partial charge on any atom is 0.331 e. The molecule has 0 amide bonds. The highest BCUT2D eigenvalue weighted by atomic mass is 16.5. The highest BCUT2D eigenvalue weighted by Crippen LogP contribution is 2.83. The first kappa shape index (κ1) is 50.8. The van der Waals surface area contributed by atoms with E-state index in [0.717, 1.165) is 67.1 Å². The van der Waals surface area contributed by atoms with E-state index in [1.165, 1.54) is 31.2 Å². The van der Waals surface area contributed by atoms with Crippen LogP contribution in [0.15, 0.2) is 84.7 Å². The lowest BCUT2D eigenvalue weighted by Crippen LogP contribution is -2.83. The summed E-state index contributed by atoms with van der Waals surface area (Å²) in [6.07, 6.45) is 25.6. The number of aliphatic hydroxyl groups is 5. The van der Waals surface area contributed by atoms with Crippen LogP contribution in [0, 0.1) is 105 Å². The Morgan fingerprint density at radius 3 is 2.46 bits per heavy atom. The number of ether oxygens (including phenoxy) is 2. The van der Waals surface area contributed by atoms with E-state index in [1.54, 1.807) is 6.08 Å². The molecule has 2 spiro atoms. The molecule has 0 aromatic heterocycles. The van der Waals surface area contributed by atoms with E-state index in [2.05, 4.69) is 65.7 Å². The van der Waals surface area contributed by atoms with Gasteiger partial charge in [0.25, 0.3) is 0 Å². The zero-order valence-corrected chi connectivity index (χ0v) is 45.7. The summed E-state index contributed by atoms with van der Waals surface area (Å²) in [6.45, 7) is -0.474. The van der Waals surface area contributed by atoms with Crippen LogP contribution in [0.4, 0.5) is 0 Å². The number of rotatable bonds is 6. The zero-order valence-electron chi connectivity index (χ0n) is 45.7. The van der Waals surface area contributed by atoms with Gasteiger partial charge in [0.1, 0.15) is 24.1 Å². The molecule has 14 aliphatic rings. The summed E-state index contributed by atoms with van der Waals surface area (Å²) in [5, 5.41) is 72.1. The molecule has 4 bridgehead atoms. The maximum absolute atomic E-state index is 15.7. The monoisotopic (exact) mass is 1060 g/mol. The molecule has 10 heteroatoms. The fourth-order valence-corrected chi connectivity index (χ4v) is 24.1. The van der Waals surface area contributed by atoms with Gasteiger partial charge in [-0.15, -0.1) is 0 Å². The third-order valence-electron chi connectivity index (χ3n) is 26.7. The lowest BCUT2D eigenvalue weighted by Gasteiger charge is -2.75. The highest BCUT2D eigenvalue weighted by Gasteiger charge is 2.88. The highest BCUT2D eigenvalue weighted by molar-refractivity contribution is 5.87. The van der Waals surface area contributed by atoms with E-state index in [1.807, 2.05) is 31.5 Å². The Balaban J connectivity index is 0.921. The number of esters is 1. The summed E-state index contributed by atoms with van der Waals surface area (Å²) in [6, 6.07) is 16.7. The van der Waals surface area contributed by atoms with Gasteiger partial charge in [-0.2, -0.15) is 0 Å². The molecule has 78 heavy (non-hydrogen) atoms. The van der Waals surface area contributed by atoms with Gasteiger partial charge in [0.05, 0.1) is 36.1 Å². The standard InChI is InChI=1S/C68H83NO9/c1-69-57-32-51-42(16-9-18-45(51)36-70)15-7-8-24-63-25-22-58-62(38-71)37-64-47(28-46-27-43(20-21-54(46)64)40-11-3-2-4-12-40)23-26-77-61(64)56-29-44-17-10-19-50(41-13-5-6-14-41)52(44)31-49(68(56,62)76)34-66(58,74)67(63,75)35-48-30-53(57)60-55(33-59(73)78-60)65(48,63)39-72/h2-4,9-12,16-18,23,26,33,38,41,43-44,46-50,52-54,56-58,60-61,69-70,72,74-76H,5-6,8,13-14,19-22,24-25,27-32,34-37,39H2,1H3/t43-,44-,46-,47-,48-,49-,50-,52-,53-,54-,56+,57+,58+,60-,61+,62-,63+,64+,65+,66-,67+,68-/m0/s1. The van der Waals surface area contributed by atoms with Crippen molar-refractivity contribution >= 4 is 12.3 Å². The summed E-state index contributed by atoms with van der Waals surface area (Å²) in [7, 11) is 1.93. The lowest BCUT2D eigenvalue weighted by atomic mass is 9.32. The number of hydrogen-bond acceptors (Lipinski definition) is 10. The molecule has 0 radical (unpaired) electrons. The number of benzene rings is 2. The Kier molecular flexibility index (Phi) is 11.7. The molecule has 0 saturated heterocycles. The Bertz CT molecular complexity index is 2920. The van der Waals surface area contributed by atoms with Gasteiger partial charge in [0, 0.05) is 58.1 Å². The number of fused-ring (bicyclic) bond motifs is 9. The van der Waals surface area contributed by atoms with Crippen LogP contribution in [0.1, 0.15) is 150 Å². The number of carbonyl (C=O) groups excluding carboxylic acids is 2. The van der Waals surface area contributed by atoms with Gasteiger partial charge in [-0.05, 0) is 197 Å². The van der Waals surface area contributed by atoms with Crippen LogP contribution >= 0.6 is 0 Å². The quantitative estimate of drug-likeness (QED) is 0.0712. The largest absolute Gasteiger partial charge is 0.497 e. The normalized spacial score (nSPS) is 50.0. The Morgan fingerprint density at radius 2 is 1.67 bits per heavy atom. The number of hydrogen-bond donors (Lipinski definition) is 6. The van der Waals surface area contributed by atoms with Crippen molar-refractivity contribution in [3.8, 4) is 11.8 Å². The van der Waals surface area contributed by atoms with Crippen LogP contribution in [0.3, 0.4) is 0 Å². The van der Waals surface area contributed by atoms with Crippen LogP contribution in [-0.2, 0) is 32.1 Å². The van der Waals surface area contributed by atoms with Crippen molar-refractivity contribution in [2.75, 3.05) is 13.7 Å². The van der Waals surface area contributed by atoms with Crippen molar-refractivity contribution in [3.63, 3.8) is 0 Å². The molecule has 0 unspecified atom stereocenters. The fourth-order valence-electron chi connectivity index (χ4n) is 24.1. The average molecular weight is 1060 g/mol. The van der Waals surface area contributed by atoms with Gasteiger partial charge in [-0.25, -0.2) is 4.79 Å². The van der Waals surface area contributed by atoms with E-state index >= 15 is 15.0 Å². The van der Waals surface area contributed by atoms with Crippen LogP contribution < -0.4 is 5.32 Å². The van der Waals surface area contributed by atoms with Crippen LogP contribution in [0.25, 0.3) is 0 Å². The van der Waals surface area contributed by atoms with Crippen molar-refractivity contribution < 1.29 is 44.6 Å². The van der Waals surface area contributed by atoms with Crippen molar-refractivity contribution in [1.82, 2.24) is 5.32 Å². The summed E-state index contributed by atoms with van der Waals surface area (Å²) in [4.78, 5) is 29.8. The summed E-state index contributed by atoms with van der Waals surface area (Å²) >= 11 is 0. The molecule has 22 atom stereocenters. The first-order chi connectivity index (χ1) is 37.9. The average Bonchev–Trinajstić information content (AvgIpc) is 2.41. The number of aldehydes is 1. The molecule has 2 aromatic rings. The van der Waals surface area contributed by atoms with Gasteiger partial charge in [-0.1, -0.05) is 92.1 Å². The van der Waals surface area contributed by atoms with Gasteiger partial charge in [0.2, 0.25) is 0 Å². The second-order valence-corrected chi connectivity index (χ2v) is 28.3. The van der Waals surface area contributed by atoms with E-state index in [4.69, 9.17) is 9.47 Å². The van der Waals surface area contributed by atoms with E-state index in [0.29, 0.717) is 75.0 Å². The minimum Gasteiger partial charge on any atom is -0.497 e. The Hall–Kier alpha value is -4.08. The van der Waals surface area contributed by atoms with Gasteiger partial charge < -0.3 is 45.1 Å². The second-order valence-electron chi connectivity index (χ2n) is 28.3. The minimum atomic E-state index is -1.86. The molecular formula is C68H83NO9. The number of nitrogens with one attached hydrogen (secondary N) is 1. The van der Waals surface area contributed by atoms with Gasteiger partial charge in [0.15, 0.2) is 0 Å². The number of allylic oxidation sites excluding steroid dienone is 3. The molecule has 12 aliphatic carbocycles. The molecule has 9 saturated carbocycles. The summed E-state index contributed by atoms with van der Waals surface area (Å²) in [5.74, 6) is 7.00. The van der Waals surface area contributed by atoms with Crippen molar-refractivity contribution in [2.24, 2.45) is 92.7 Å². The lowest BCUT2D eigenvalue weighted by molar-refractivity contribution is -0.363. The SMILES string of the molecule is CN[C@@H]1Cc2c(cccc2CO)C#CCC[C@]23CC[C@H]4[C@@](O)(C[C@@H]5C[C@H]6[C@@H](C=CC[C@H]6C6CCCC6)C[C@@H]6[C@H]7OC=C[C@H]8C[C@@H]9C[C@@H](c%10ccccc%10)CC[C@@H]9[C@]78C[C@@]4(C=O)[C@]56O)[C@@]2(O)C[C@@H]2C[C@@H]1[C@@H]1OC(=O)C=C1[C@@]23CO. The molecular weight excluding hydrogens is 975 g/mol. The van der Waals surface area contributed by atoms with E-state index < -0.39 is 62.4 Å². The predicted molar refractivity (Wildman–Crippen MR) is 293 cm³/mol. The van der Waals surface area contributed by atoms with Crippen LogP contribution in [0.5, 0.6) is 0 Å². The van der Waals surface area contributed by atoms with Crippen LogP contribution in [-0.4, -0.2) is 86.5 Å². The van der Waals surface area contributed by atoms with Crippen molar-refractivity contribution in [1.29, 1.82) is 0 Å². The molecule has 6 N–H and O–H groups in total. The number of aliphatic hydroxyl groups excluding tert-OH is 2. The fraction of sp³-hybridized carbons (Fsp3) is 0.676. The van der Waals surface area contributed by atoms with E-state index in [9.17, 15) is 20.1 Å². The first-order valence-electron chi connectivity index (χ1n) is 31.0. The first-order valence-corrected chi connectivity index (χ1v) is 31.0. The molecule has 2 aliphatic heterocycles. The summed E-state index contributed by atoms with van der Waals surface area (Å²) in [5.41, 5.74) is -4.74. The molecule has 414 valence electrons. The Labute approximate surface area is 461 Å². The zero-order chi connectivity index (χ0) is 53.2. The predicted octanol–water partition coefficient (Wildman–Crippen LogP) is 9.05. The Morgan fingerprint density at radius 1 is 0.833 bits per heavy atom. The van der Waals surface area contributed by atoms with Crippen molar-refractivity contribution in [2.45, 2.75) is 176 Å².